The van der Waals surface area contributed by atoms with E-state index in [4.69, 9.17) is 0 Å². The molecule has 0 saturated heterocycles. The minimum absolute atomic E-state index is 0.208. The summed E-state index contributed by atoms with van der Waals surface area (Å²) in [6.07, 6.45) is 0. The Labute approximate surface area is 59.3 Å². The summed E-state index contributed by atoms with van der Waals surface area (Å²) >= 11 is 0. The second-order valence-electron chi connectivity index (χ2n) is 1.84. The molecule has 10 heavy (non-hydrogen) atoms. The highest BCUT2D eigenvalue weighted by Gasteiger charge is 1.96. The average molecular weight is 142 g/mol. The molecule has 4 heteroatoms. The van der Waals surface area contributed by atoms with Crippen LogP contribution in [0.2, 0.25) is 0 Å². The summed E-state index contributed by atoms with van der Waals surface area (Å²) in [6, 6.07) is 0. The van der Waals surface area contributed by atoms with Crippen LogP contribution in [0, 0.1) is 0 Å². The Bertz CT molecular complexity index is 157. The molecule has 0 unspecified atom stereocenters. The van der Waals surface area contributed by atoms with Crippen molar-refractivity contribution in [1.29, 1.82) is 0 Å². The van der Waals surface area contributed by atoms with Gasteiger partial charge in [-0.3, -0.25) is 9.59 Å². The van der Waals surface area contributed by atoms with Gasteiger partial charge < -0.3 is 10.6 Å². The molecule has 56 valence electrons. The first-order valence-electron chi connectivity index (χ1n) is 2.76. The summed E-state index contributed by atoms with van der Waals surface area (Å²) in [5, 5.41) is 4.62. The standard InChI is InChI=1S/C6H10N2O2/c1-4(7-5(2)9)8-6(3)10/h1H2,2-3H3,(H,7,9)(H,8,10). The summed E-state index contributed by atoms with van der Waals surface area (Å²) in [7, 11) is 0. The van der Waals surface area contributed by atoms with Gasteiger partial charge in [-0.25, -0.2) is 0 Å². The molecule has 0 aliphatic heterocycles. The van der Waals surface area contributed by atoms with Crippen LogP contribution in [0.5, 0.6) is 0 Å². The smallest absolute Gasteiger partial charge is 0.222 e. The normalized spacial score (nSPS) is 8.20. The van der Waals surface area contributed by atoms with Gasteiger partial charge in [-0.15, -0.1) is 0 Å². The maximum atomic E-state index is 10.3. The first-order chi connectivity index (χ1) is 4.52. The van der Waals surface area contributed by atoms with E-state index in [0.29, 0.717) is 0 Å². The van der Waals surface area contributed by atoms with Gasteiger partial charge in [0.25, 0.3) is 0 Å². The minimum Gasteiger partial charge on any atom is -0.313 e. The lowest BCUT2D eigenvalue weighted by Gasteiger charge is -2.04. The Balaban J connectivity index is 3.65. The van der Waals surface area contributed by atoms with Gasteiger partial charge in [0.05, 0.1) is 0 Å². The third kappa shape index (κ3) is 4.83. The van der Waals surface area contributed by atoms with Crippen molar-refractivity contribution in [3.05, 3.63) is 12.4 Å². The van der Waals surface area contributed by atoms with Crippen molar-refractivity contribution in [2.75, 3.05) is 0 Å². The van der Waals surface area contributed by atoms with Crippen molar-refractivity contribution < 1.29 is 9.59 Å². The highest BCUT2D eigenvalue weighted by molar-refractivity contribution is 5.78. The zero-order valence-electron chi connectivity index (χ0n) is 6.02. The molecule has 4 nitrogen and oxygen atoms in total. The van der Waals surface area contributed by atoms with Crippen LogP contribution in [0.15, 0.2) is 12.4 Å². The van der Waals surface area contributed by atoms with Gasteiger partial charge in [0, 0.05) is 13.8 Å². The van der Waals surface area contributed by atoms with E-state index in [9.17, 15) is 9.59 Å². The lowest BCUT2D eigenvalue weighted by atomic mass is 10.6. The summed E-state index contributed by atoms with van der Waals surface area (Å²) < 4.78 is 0. The second-order valence-corrected chi connectivity index (χ2v) is 1.84. The van der Waals surface area contributed by atoms with E-state index in [-0.39, 0.29) is 17.6 Å². The van der Waals surface area contributed by atoms with Crippen LogP contribution >= 0.6 is 0 Å². The van der Waals surface area contributed by atoms with Gasteiger partial charge in [-0.1, -0.05) is 6.58 Å². The highest BCUT2D eigenvalue weighted by Crippen LogP contribution is 1.75. The third-order valence-corrected chi connectivity index (χ3v) is 0.654. The molecule has 0 spiro atoms. The van der Waals surface area contributed by atoms with Crippen LogP contribution in [0.25, 0.3) is 0 Å². The number of carbonyl (C=O) groups is 2. The fraction of sp³-hybridized carbons (Fsp3) is 0.333. The predicted octanol–water partition coefficient (Wildman–Crippen LogP) is -0.270. The van der Waals surface area contributed by atoms with Gasteiger partial charge >= 0.3 is 0 Å². The average Bonchev–Trinajstić information content (AvgIpc) is 1.58. The first-order valence-corrected chi connectivity index (χ1v) is 2.76. The Morgan fingerprint density at radius 1 is 1.10 bits per heavy atom. The Morgan fingerprint density at radius 2 is 1.40 bits per heavy atom. The molecule has 0 rings (SSSR count). The number of nitrogens with one attached hydrogen (secondary N) is 2. The van der Waals surface area contributed by atoms with E-state index in [1.165, 1.54) is 13.8 Å². The van der Waals surface area contributed by atoms with Crippen LogP contribution in [-0.4, -0.2) is 11.8 Å². The van der Waals surface area contributed by atoms with E-state index >= 15 is 0 Å². The summed E-state index contributed by atoms with van der Waals surface area (Å²) in [6.45, 7) is 6.05. The lowest BCUT2D eigenvalue weighted by Crippen LogP contribution is -2.31. The number of rotatable bonds is 2. The monoisotopic (exact) mass is 142 g/mol. The van der Waals surface area contributed by atoms with E-state index in [0.717, 1.165) is 0 Å². The molecule has 0 bridgehead atoms. The van der Waals surface area contributed by atoms with Crippen LogP contribution < -0.4 is 10.6 Å². The molecule has 2 N–H and O–H groups in total. The molecular formula is C6H10N2O2. The lowest BCUT2D eigenvalue weighted by molar-refractivity contribution is -0.119. The van der Waals surface area contributed by atoms with Crippen LogP contribution in [0.3, 0.4) is 0 Å². The summed E-state index contributed by atoms with van der Waals surface area (Å²) in [5.41, 5.74) is 0. The van der Waals surface area contributed by atoms with E-state index in [1.807, 2.05) is 0 Å². The Kier molecular flexibility index (Phi) is 3.17. The van der Waals surface area contributed by atoms with E-state index in [1.54, 1.807) is 0 Å². The molecule has 0 heterocycles. The zero-order valence-corrected chi connectivity index (χ0v) is 6.02. The van der Waals surface area contributed by atoms with Crippen LogP contribution in [-0.2, 0) is 9.59 Å². The number of carbonyl (C=O) groups excluding carboxylic acids is 2. The number of hydrogen-bond acceptors (Lipinski definition) is 2. The molecule has 2 amide bonds. The van der Waals surface area contributed by atoms with Gasteiger partial charge in [0.1, 0.15) is 5.82 Å². The SMILES string of the molecule is C=C(NC(C)=O)NC(C)=O. The van der Waals surface area contributed by atoms with Crippen molar-refractivity contribution in [3.8, 4) is 0 Å². The molecule has 0 radical (unpaired) electrons. The fourth-order valence-electron chi connectivity index (χ4n) is 0.456. The first kappa shape index (κ1) is 8.68. The quantitative estimate of drug-likeness (QED) is 0.557. The molecule has 0 fully saturated rings. The van der Waals surface area contributed by atoms with Gasteiger partial charge in [0.2, 0.25) is 11.8 Å². The summed E-state index contributed by atoms with van der Waals surface area (Å²) in [5.74, 6) is -0.294. The van der Waals surface area contributed by atoms with Crippen molar-refractivity contribution in [2.45, 2.75) is 13.8 Å². The van der Waals surface area contributed by atoms with E-state index < -0.39 is 0 Å². The zero-order chi connectivity index (χ0) is 8.15. The van der Waals surface area contributed by atoms with Gasteiger partial charge in [0.15, 0.2) is 0 Å². The van der Waals surface area contributed by atoms with Crippen molar-refractivity contribution >= 4 is 11.8 Å². The third-order valence-electron chi connectivity index (χ3n) is 0.654. The van der Waals surface area contributed by atoms with Gasteiger partial charge in [-0.05, 0) is 0 Å². The van der Waals surface area contributed by atoms with Crippen molar-refractivity contribution in [3.63, 3.8) is 0 Å². The van der Waals surface area contributed by atoms with Crippen molar-refractivity contribution in [2.24, 2.45) is 0 Å². The molecule has 0 aliphatic rings. The second kappa shape index (κ2) is 3.66. The van der Waals surface area contributed by atoms with E-state index in [2.05, 4.69) is 17.2 Å². The maximum absolute atomic E-state index is 10.3. The van der Waals surface area contributed by atoms with Gasteiger partial charge in [-0.2, -0.15) is 0 Å². The topological polar surface area (TPSA) is 58.2 Å². The molecule has 0 aromatic carbocycles. The molecular weight excluding hydrogens is 132 g/mol. The Morgan fingerprint density at radius 3 is 1.60 bits per heavy atom. The highest BCUT2D eigenvalue weighted by atomic mass is 16.2. The predicted molar refractivity (Wildman–Crippen MR) is 36.8 cm³/mol. The van der Waals surface area contributed by atoms with Crippen molar-refractivity contribution in [1.82, 2.24) is 10.6 Å². The van der Waals surface area contributed by atoms with Crippen LogP contribution in [0.1, 0.15) is 13.8 Å². The summed E-state index contributed by atoms with van der Waals surface area (Å²) in [4.78, 5) is 20.6. The molecule has 0 aromatic rings. The molecule has 0 saturated carbocycles. The molecule has 0 aliphatic carbocycles. The van der Waals surface area contributed by atoms with Crippen LogP contribution in [0.4, 0.5) is 0 Å². The molecule has 0 aromatic heterocycles. The number of hydrogen-bond donors (Lipinski definition) is 2. The Hall–Kier alpha value is -1.32. The fourth-order valence-corrected chi connectivity index (χ4v) is 0.456. The minimum atomic E-state index is -0.251. The maximum Gasteiger partial charge on any atom is 0.222 e. The molecule has 0 atom stereocenters. The largest absolute Gasteiger partial charge is 0.313 e. The number of amides is 2.